The van der Waals surface area contributed by atoms with Gasteiger partial charge in [-0.15, -0.1) is 0 Å². The van der Waals surface area contributed by atoms with E-state index >= 15 is 0 Å². The van der Waals surface area contributed by atoms with Crippen LogP contribution in [0.5, 0.6) is 57.5 Å². The molecule has 272 valence electrons. The topological polar surface area (TPSA) is 113 Å². The summed E-state index contributed by atoms with van der Waals surface area (Å²) < 4.78 is 64.2. The Morgan fingerprint density at radius 3 is 1.69 bits per heavy atom. The third-order valence-corrected chi connectivity index (χ3v) is 11.2. The fraction of sp³-hybridized carbons (Fsp3) is 0.190. The van der Waals surface area contributed by atoms with Crippen molar-refractivity contribution in [3.63, 3.8) is 0 Å². The number of benzene rings is 6. The summed E-state index contributed by atoms with van der Waals surface area (Å²) in [6.45, 7) is 0.450. The summed E-state index contributed by atoms with van der Waals surface area (Å²) in [5, 5.41) is 8.86. The van der Waals surface area contributed by atoms with Crippen LogP contribution in [0.4, 0.5) is 5.82 Å². The van der Waals surface area contributed by atoms with Gasteiger partial charge in [0.25, 0.3) is 5.49 Å². The molecule has 55 heavy (non-hydrogen) atoms. The van der Waals surface area contributed by atoms with Crippen molar-refractivity contribution in [2.45, 2.75) is 0 Å². The Morgan fingerprint density at radius 2 is 1.05 bits per heavy atom. The highest BCUT2D eigenvalue weighted by atomic mass is 16.7. The third-order valence-electron chi connectivity index (χ3n) is 11.2. The molecule has 0 fully saturated rings. The van der Waals surface area contributed by atoms with Crippen molar-refractivity contribution < 1.29 is 51.9 Å². The first-order chi connectivity index (χ1) is 27.0. The summed E-state index contributed by atoms with van der Waals surface area (Å²) in [6.07, 6.45) is 0. The number of hydrogen-bond acceptors (Lipinski definition) is 11. The summed E-state index contributed by atoms with van der Waals surface area (Å²) in [7, 11) is 7.34. The zero-order chi connectivity index (χ0) is 36.7. The maximum Gasteiger partial charge on any atom is 0.337 e. The Labute approximate surface area is 310 Å². The van der Waals surface area contributed by atoms with Crippen molar-refractivity contribution >= 4 is 70.7 Å². The summed E-state index contributed by atoms with van der Waals surface area (Å²) in [4.78, 5) is 5.69. The number of nitrogens with zero attached hydrogens (tertiary/aromatic N) is 3. The van der Waals surface area contributed by atoms with Gasteiger partial charge in [0, 0.05) is 51.5 Å². The maximum absolute atomic E-state index is 6.26. The largest absolute Gasteiger partial charge is 0.496 e. The molecule has 4 aliphatic heterocycles. The molecule has 0 unspecified atom stereocenters. The molecule has 13 nitrogen and oxygen atoms in total. The second-order valence-electron chi connectivity index (χ2n) is 13.8. The van der Waals surface area contributed by atoms with Crippen LogP contribution >= 0.6 is 0 Å². The van der Waals surface area contributed by atoms with Gasteiger partial charge >= 0.3 is 5.82 Å². The lowest BCUT2D eigenvalue weighted by Gasteiger charge is -2.17. The first kappa shape index (κ1) is 30.4. The minimum absolute atomic E-state index is 0.0602. The predicted molar refractivity (Wildman–Crippen MR) is 201 cm³/mol. The molecule has 0 amide bonds. The second kappa shape index (κ2) is 10.8. The number of pyridine rings is 2. The van der Waals surface area contributed by atoms with E-state index in [1.165, 1.54) is 0 Å². The zero-order valence-electron chi connectivity index (χ0n) is 30.0. The SMILES string of the molecule is COc1cc2c(c3c(N=c4c5c6c(cc(OC)c5c5ccc7cc8c(cc7c5n4C)OCO8)OCO6)[n+](C)c4c5cc6c(cc5ccc4c13)OCO6)OCO2. The molecule has 12 rings (SSSR count). The number of rotatable bonds is 3. The highest BCUT2D eigenvalue weighted by molar-refractivity contribution is 6.21. The van der Waals surface area contributed by atoms with Gasteiger partial charge in [0.05, 0.1) is 26.8 Å². The molecule has 13 heteroatoms. The highest BCUT2D eigenvalue weighted by Gasteiger charge is 2.33. The average Bonchev–Trinajstić information content (AvgIpc) is 4.04. The van der Waals surface area contributed by atoms with Gasteiger partial charge in [-0.05, 0) is 46.1 Å². The van der Waals surface area contributed by atoms with Gasteiger partial charge in [-0.3, -0.25) is 0 Å². The summed E-state index contributed by atoms with van der Waals surface area (Å²) in [5.74, 6) is 6.88. The van der Waals surface area contributed by atoms with Gasteiger partial charge in [0.2, 0.25) is 27.2 Å². The molecule has 0 spiro atoms. The molecule has 0 saturated heterocycles. The minimum Gasteiger partial charge on any atom is -0.496 e. The van der Waals surface area contributed by atoms with Crippen LogP contribution < -0.4 is 57.4 Å². The molecule has 8 aromatic rings. The first-order valence-electron chi connectivity index (χ1n) is 17.7. The highest BCUT2D eigenvalue weighted by Crippen LogP contribution is 2.51. The van der Waals surface area contributed by atoms with Crippen LogP contribution in [0.3, 0.4) is 0 Å². The predicted octanol–water partition coefficient (Wildman–Crippen LogP) is 6.93. The Balaban J connectivity index is 1.33. The number of aryl methyl sites for hydroxylation is 2. The van der Waals surface area contributed by atoms with Crippen molar-refractivity contribution in [1.29, 1.82) is 0 Å². The van der Waals surface area contributed by atoms with Crippen molar-refractivity contribution in [2.24, 2.45) is 19.1 Å². The lowest BCUT2D eigenvalue weighted by molar-refractivity contribution is -0.629. The number of methoxy groups -OCH3 is 2. The molecule has 4 aliphatic rings. The van der Waals surface area contributed by atoms with Crippen molar-refractivity contribution in [2.75, 3.05) is 41.4 Å². The van der Waals surface area contributed by atoms with E-state index < -0.39 is 0 Å². The van der Waals surface area contributed by atoms with E-state index in [9.17, 15) is 0 Å². The molecule has 0 atom stereocenters. The number of fused-ring (bicyclic) bond motifs is 16. The molecule has 6 heterocycles. The van der Waals surface area contributed by atoms with E-state index in [4.69, 9.17) is 52.4 Å². The zero-order valence-corrected chi connectivity index (χ0v) is 30.0. The Bertz CT molecular complexity index is 3170. The monoisotopic (exact) mass is 736 g/mol. The first-order valence-corrected chi connectivity index (χ1v) is 17.7. The molecule has 2 aromatic heterocycles. The second-order valence-corrected chi connectivity index (χ2v) is 13.8. The van der Waals surface area contributed by atoms with Gasteiger partial charge in [-0.1, -0.05) is 18.2 Å². The Hall–Kier alpha value is -7.02. The maximum atomic E-state index is 6.26. The van der Waals surface area contributed by atoms with Crippen LogP contribution in [0.25, 0.3) is 64.9 Å². The quantitative estimate of drug-likeness (QED) is 0.140. The van der Waals surface area contributed by atoms with Crippen LogP contribution in [-0.4, -0.2) is 46.0 Å². The normalized spacial score (nSPS) is 15.2. The van der Waals surface area contributed by atoms with Crippen LogP contribution in [0.15, 0.2) is 65.7 Å². The summed E-state index contributed by atoms with van der Waals surface area (Å²) in [5.41, 5.74) is 2.41. The van der Waals surface area contributed by atoms with Crippen LogP contribution in [0.2, 0.25) is 0 Å². The lowest BCUT2D eigenvalue weighted by atomic mass is 9.98. The average molecular weight is 737 g/mol. The van der Waals surface area contributed by atoms with Crippen molar-refractivity contribution in [3.05, 3.63) is 66.2 Å². The molecule has 0 bridgehead atoms. The van der Waals surface area contributed by atoms with E-state index in [-0.39, 0.29) is 27.2 Å². The molecule has 0 N–H and O–H groups in total. The number of aromatic nitrogens is 2. The van der Waals surface area contributed by atoms with Crippen molar-refractivity contribution in [3.8, 4) is 57.5 Å². The van der Waals surface area contributed by atoms with Gasteiger partial charge in [0.15, 0.2) is 46.0 Å². The van der Waals surface area contributed by atoms with Crippen LogP contribution in [-0.2, 0) is 14.1 Å². The van der Waals surface area contributed by atoms with E-state index in [0.29, 0.717) is 68.8 Å². The van der Waals surface area contributed by atoms with Gasteiger partial charge in [-0.2, -0.15) is 0 Å². The van der Waals surface area contributed by atoms with Crippen LogP contribution in [0.1, 0.15) is 0 Å². The molecular formula is C42H30N3O10+. The minimum atomic E-state index is 0.0602. The fourth-order valence-electron chi connectivity index (χ4n) is 8.75. The standard InChI is InChI=1S/C42H30N3O10/c1-44-37-21(7-5-19-9-25-27(11-23(19)37)50-15-48-25)33-29(46-3)13-31-39(54-17-52-31)35(33)41(44)43-42-36-34(30(47-4)14-32-40(36)55-18-53-32)22-8-6-20-10-26-28(51-16-49-26)12-24(20)38(22)45(42)2/h5-14H,15-18H2,1-4H3/q+1. The Morgan fingerprint density at radius 1 is 0.545 bits per heavy atom. The summed E-state index contributed by atoms with van der Waals surface area (Å²) >= 11 is 0. The van der Waals surface area contributed by atoms with Crippen molar-refractivity contribution in [1.82, 2.24) is 4.57 Å². The number of ether oxygens (including phenoxy) is 10. The molecule has 0 radical (unpaired) electrons. The molecular weight excluding hydrogens is 706 g/mol. The lowest BCUT2D eigenvalue weighted by Crippen LogP contribution is -2.32. The molecule has 0 saturated carbocycles. The Kier molecular flexibility index (Phi) is 5.97. The van der Waals surface area contributed by atoms with Crippen LogP contribution in [0, 0.1) is 0 Å². The van der Waals surface area contributed by atoms with E-state index in [1.54, 1.807) is 14.2 Å². The third kappa shape index (κ3) is 3.96. The van der Waals surface area contributed by atoms with Gasteiger partial charge in [0.1, 0.15) is 27.8 Å². The molecule has 6 aromatic carbocycles. The molecule has 0 aliphatic carbocycles. The number of hydrogen-bond donors (Lipinski definition) is 0. The van der Waals surface area contributed by atoms with E-state index in [1.807, 2.05) is 50.5 Å². The smallest absolute Gasteiger partial charge is 0.337 e. The van der Waals surface area contributed by atoms with Gasteiger partial charge < -0.3 is 51.9 Å². The van der Waals surface area contributed by atoms with Gasteiger partial charge in [-0.25, -0.2) is 4.57 Å². The summed E-state index contributed by atoms with van der Waals surface area (Å²) in [6, 6.07) is 20.2. The van der Waals surface area contributed by atoms with E-state index in [2.05, 4.69) is 33.4 Å². The van der Waals surface area contributed by atoms with E-state index in [0.717, 1.165) is 64.9 Å². The fourth-order valence-corrected chi connectivity index (χ4v) is 8.75.